The third-order valence-corrected chi connectivity index (χ3v) is 4.80. The Kier molecular flexibility index (Phi) is 6.16. The average molecular weight is 382 g/mol. The summed E-state index contributed by atoms with van der Waals surface area (Å²) < 4.78 is 1.64. The van der Waals surface area contributed by atoms with Crippen LogP contribution in [-0.4, -0.2) is 26.2 Å². The Bertz CT molecular complexity index is 843. The summed E-state index contributed by atoms with van der Waals surface area (Å²) in [5.41, 5.74) is 0.143. The topological polar surface area (TPSA) is 64.0 Å². The van der Waals surface area contributed by atoms with Gasteiger partial charge in [0.1, 0.15) is 0 Å². The Hall–Kier alpha value is -1.53. The van der Waals surface area contributed by atoms with E-state index in [0.29, 0.717) is 27.6 Å². The first kappa shape index (κ1) is 19.8. The molecule has 0 aliphatic carbocycles. The number of halogens is 1. The number of nitrogens with zero attached hydrogens (tertiary/aromatic N) is 2. The summed E-state index contributed by atoms with van der Waals surface area (Å²) >= 11 is 7.32. The van der Waals surface area contributed by atoms with E-state index in [-0.39, 0.29) is 22.3 Å². The summed E-state index contributed by atoms with van der Waals surface area (Å²) in [6.45, 7) is 10.2. The molecule has 2 aromatic rings. The molecule has 0 fully saturated rings. The monoisotopic (exact) mass is 381 g/mol. The second-order valence-electron chi connectivity index (χ2n) is 7.01. The van der Waals surface area contributed by atoms with Gasteiger partial charge in [0.05, 0.1) is 16.2 Å². The van der Waals surface area contributed by atoms with Crippen molar-refractivity contribution in [2.45, 2.75) is 63.5 Å². The maximum absolute atomic E-state index is 12.8. The Morgan fingerprint density at radius 3 is 2.68 bits per heavy atom. The van der Waals surface area contributed by atoms with Crippen molar-refractivity contribution in [3.05, 3.63) is 33.6 Å². The summed E-state index contributed by atoms with van der Waals surface area (Å²) in [7, 11) is 0. The number of carbonyl (C=O) groups excluding carboxylic acids is 1. The molecule has 1 atom stereocenters. The van der Waals surface area contributed by atoms with Gasteiger partial charge in [0, 0.05) is 17.1 Å². The summed E-state index contributed by atoms with van der Waals surface area (Å²) in [5, 5.41) is 4.19. The number of thioether (sulfide) groups is 1. The SMILES string of the molecule is CCCn1c(SC(C)C(=O)NC(C)(C)C)nc2cc(Cl)ccc2c1=O. The highest BCUT2D eigenvalue weighted by molar-refractivity contribution is 8.00. The second-order valence-corrected chi connectivity index (χ2v) is 8.76. The summed E-state index contributed by atoms with van der Waals surface area (Å²) in [6.07, 6.45) is 0.802. The molecule has 0 saturated heterocycles. The fourth-order valence-electron chi connectivity index (χ4n) is 2.37. The quantitative estimate of drug-likeness (QED) is 0.631. The summed E-state index contributed by atoms with van der Waals surface area (Å²) in [5.74, 6) is -0.0824. The van der Waals surface area contributed by atoms with Crippen molar-refractivity contribution in [1.82, 2.24) is 14.9 Å². The summed E-state index contributed by atoms with van der Waals surface area (Å²) in [4.78, 5) is 29.8. The molecule has 1 N–H and O–H groups in total. The molecule has 0 aliphatic heterocycles. The smallest absolute Gasteiger partial charge is 0.262 e. The van der Waals surface area contributed by atoms with Crippen molar-refractivity contribution < 1.29 is 4.79 Å². The van der Waals surface area contributed by atoms with E-state index in [9.17, 15) is 9.59 Å². The number of carbonyl (C=O) groups is 1. The van der Waals surface area contributed by atoms with E-state index in [1.165, 1.54) is 11.8 Å². The first-order valence-corrected chi connectivity index (χ1v) is 9.57. The third-order valence-electron chi connectivity index (χ3n) is 3.48. The standard InChI is InChI=1S/C18H24ClN3O2S/c1-6-9-22-16(24)13-8-7-12(19)10-14(13)20-17(22)25-11(2)15(23)21-18(3,4)5/h7-8,10-11H,6,9H2,1-5H3,(H,21,23). The largest absolute Gasteiger partial charge is 0.351 e. The van der Waals surface area contributed by atoms with Gasteiger partial charge < -0.3 is 5.32 Å². The lowest BCUT2D eigenvalue weighted by atomic mass is 10.1. The van der Waals surface area contributed by atoms with Gasteiger partial charge in [0.2, 0.25) is 5.91 Å². The van der Waals surface area contributed by atoms with Crippen LogP contribution in [0.1, 0.15) is 41.0 Å². The van der Waals surface area contributed by atoms with Crippen LogP contribution in [0, 0.1) is 0 Å². The number of fused-ring (bicyclic) bond motifs is 1. The summed E-state index contributed by atoms with van der Waals surface area (Å²) in [6, 6.07) is 5.07. The van der Waals surface area contributed by atoms with Crippen LogP contribution in [0.15, 0.2) is 28.2 Å². The lowest BCUT2D eigenvalue weighted by Gasteiger charge is -2.23. The zero-order valence-corrected chi connectivity index (χ0v) is 16.8. The van der Waals surface area contributed by atoms with E-state index in [4.69, 9.17) is 11.6 Å². The Morgan fingerprint density at radius 1 is 1.40 bits per heavy atom. The van der Waals surface area contributed by atoms with Crippen molar-refractivity contribution in [2.75, 3.05) is 0 Å². The molecule has 136 valence electrons. The molecule has 0 bridgehead atoms. The molecule has 1 heterocycles. The Labute approximate surface area is 157 Å². The number of aromatic nitrogens is 2. The lowest BCUT2D eigenvalue weighted by molar-refractivity contribution is -0.121. The Balaban J connectivity index is 2.43. The molecule has 25 heavy (non-hydrogen) atoms. The van der Waals surface area contributed by atoms with Crippen LogP contribution in [0.4, 0.5) is 0 Å². The van der Waals surface area contributed by atoms with Crippen LogP contribution >= 0.6 is 23.4 Å². The van der Waals surface area contributed by atoms with Crippen LogP contribution in [0.25, 0.3) is 10.9 Å². The van der Waals surface area contributed by atoms with Gasteiger partial charge >= 0.3 is 0 Å². The third kappa shape index (κ3) is 4.98. The zero-order chi connectivity index (χ0) is 18.8. The number of hydrogen-bond acceptors (Lipinski definition) is 4. The maximum Gasteiger partial charge on any atom is 0.262 e. The minimum absolute atomic E-state index is 0.0824. The van der Waals surface area contributed by atoms with Crippen molar-refractivity contribution >= 4 is 40.2 Å². The molecular weight excluding hydrogens is 358 g/mol. The molecule has 1 aromatic heterocycles. The number of benzene rings is 1. The van der Waals surface area contributed by atoms with Crippen LogP contribution in [-0.2, 0) is 11.3 Å². The molecule has 2 rings (SSSR count). The van der Waals surface area contributed by atoms with Crippen molar-refractivity contribution in [3.63, 3.8) is 0 Å². The first-order chi connectivity index (χ1) is 11.6. The average Bonchev–Trinajstić information content (AvgIpc) is 2.49. The fourth-order valence-corrected chi connectivity index (χ4v) is 3.47. The molecule has 0 spiro atoms. The molecule has 0 radical (unpaired) electrons. The molecule has 7 heteroatoms. The number of amides is 1. The van der Waals surface area contributed by atoms with E-state index in [1.807, 2.05) is 34.6 Å². The van der Waals surface area contributed by atoms with Crippen LogP contribution < -0.4 is 10.9 Å². The van der Waals surface area contributed by atoms with Gasteiger partial charge in [0.15, 0.2) is 5.16 Å². The Morgan fingerprint density at radius 2 is 2.08 bits per heavy atom. The van der Waals surface area contributed by atoms with Gasteiger partial charge in [-0.1, -0.05) is 30.3 Å². The van der Waals surface area contributed by atoms with Crippen molar-refractivity contribution in [3.8, 4) is 0 Å². The normalized spacial score (nSPS) is 13.0. The fraction of sp³-hybridized carbons (Fsp3) is 0.500. The van der Waals surface area contributed by atoms with Gasteiger partial charge in [-0.15, -0.1) is 0 Å². The molecule has 1 unspecified atom stereocenters. The van der Waals surface area contributed by atoms with Gasteiger partial charge in [-0.3, -0.25) is 14.2 Å². The van der Waals surface area contributed by atoms with Crippen LogP contribution in [0.3, 0.4) is 0 Å². The van der Waals surface area contributed by atoms with E-state index in [1.54, 1.807) is 22.8 Å². The first-order valence-electron chi connectivity index (χ1n) is 8.31. The number of rotatable bonds is 5. The van der Waals surface area contributed by atoms with Gasteiger partial charge in [0.25, 0.3) is 5.56 Å². The van der Waals surface area contributed by atoms with E-state index >= 15 is 0 Å². The van der Waals surface area contributed by atoms with Gasteiger partial charge in [-0.05, 0) is 52.3 Å². The minimum Gasteiger partial charge on any atom is -0.351 e. The van der Waals surface area contributed by atoms with E-state index in [2.05, 4.69) is 10.3 Å². The highest BCUT2D eigenvalue weighted by Gasteiger charge is 2.22. The van der Waals surface area contributed by atoms with Crippen molar-refractivity contribution in [1.29, 1.82) is 0 Å². The van der Waals surface area contributed by atoms with Crippen LogP contribution in [0.2, 0.25) is 5.02 Å². The molecule has 5 nitrogen and oxygen atoms in total. The van der Waals surface area contributed by atoms with Crippen LogP contribution in [0.5, 0.6) is 0 Å². The second kappa shape index (κ2) is 7.79. The lowest BCUT2D eigenvalue weighted by Crippen LogP contribution is -2.44. The maximum atomic E-state index is 12.8. The molecule has 1 aromatic carbocycles. The highest BCUT2D eigenvalue weighted by atomic mass is 35.5. The molecule has 0 saturated carbocycles. The molecular formula is C18H24ClN3O2S. The molecule has 1 amide bonds. The zero-order valence-electron chi connectivity index (χ0n) is 15.2. The van der Waals surface area contributed by atoms with Crippen molar-refractivity contribution in [2.24, 2.45) is 0 Å². The highest BCUT2D eigenvalue weighted by Crippen LogP contribution is 2.24. The number of nitrogens with one attached hydrogen (secondary N) is 1. The van der Waals surface area contributed by atoms with E-state index in [0.717, 1.165) is 6.42 Å². The predicted molar refractivity (Wildman–Crippen MR) is 105 cm³/mol. The van der Waals surface area contributed by atoms with E-state index < -0.39 is 0 Å². The van der Waals surface area contributed by atoms with Gasteiger partial charge in [-0.2, -0.15) is 0 Å². The predicted octanol–water partition coefficient (Wildman–Crippen LogP) is 3.86. The molecule has 0 aliphatic rings. The minimum atomic E-state index is -0.370. The van der Waals surface area contributed by atoms with Gasteiger partial charge in [-0.25, -0.2) is 4.98 Å². The number of hydrogen-bond donors (Lipinski definition) is 1.